The Kier molecular flexibility index (Phi) is 11.3. The summed E-state index contributed by atoms with van der Waals surface area (Å²) in [5.74, 6) is 1.36. The normalized spacial score (nSPS) is 16.9. The molecular formula is C40H39Cl3N6O4. The van der Waals surface area contributed by atoms with Gasteiger partial charge in [0.05, 0.1) is 46.2 Å². The van der Waals surface area contributed by atoms with Crippen LogP contribution in [0.4, 0.5) is 0 Å². The van der Waals surface area contributed by atoms with E-state index >= 15 is 0 Å². The highest BCUT2D eigenvalue weighted by Crippen LogP contribution is 2.43. The highest BCUT2D eigenvalue weighted by atomic mass is 35.5. The summed E-state index contributed by atoms with van der Waals surface area (Å²) in [5, 5.41) is 15.0. The maximum absolute atomic E-state index is 11.6. The van der Waals surface area contributed by atoms with Crippen molar-refractivity contribution in [3.63, 3.8) is 0 Å². The average molecular weight is 774 g/mol. The predicted molar refractivity (Wildman–Crippen MR) is 210 cm³/mol. The lowest BCUT2D eigenvalue weighted by Gasteiger charge is -2.17. The van der Waals surface area contributed by atoms with E-state index in [0.29, 0.717) is 82.6 Å². The van der Waals surface area contributed by atoms with E-state index in [1.54, 1.807) is 14.2 Å². The van der Waals surface area contributed by atoms with Crippen LogP contribution in [0.1, 0.15) is 36.8 Å². The summed E-state index contributed by atoms with van der Waals surface area (Å²) in [7, 11) is 3.23. The molecule has 10 nitrogen and oxygen atoms in total. The molecule has 0 spiro atoms. The molecular weight excluding hydrogens is 735 g/mol. The number of amides is 2. The quantitative estimate of drug-likeness (QED) is 0.0980. The minimum atomic E-state index is 0.0885. The minimum Gasteiger partial charge on any atom is -0.496 e. The van der Waals surface area contributed by atoms with Crippen molar-refractivity contribution in [2.45, 2.75) is 50.9 Å². The molecule has 53 heavy (non-hydrogen) atoms. The Balaban J connectivity index is 1.13. The van der Waals surface area contributed by atoms with Crippen LogP contribution in [0.3, 0.4) is 0 Å². The molecule has 2 amide bonds. The number of ether oxygens (including phenoxy) is 2. The molecule has 3 aromatic carbocycles. The summed E-state index contributed by atoms with van der Waals surface area (Å²) in [5.41, 5.74) is 6.64. The predicted octanol–water partition coefficient (Wildman–Crippen LogP) is 7.34. The first-order valence-electron chi connectivity index (χ1n) is 17.5. The molecule has 2 aliphatic heterocycles. The van der Waals surface area contributed by atoms with E-state index in [1.165, 1.54) is 0 Å². The Morgan fingerprint density at radius 3 is 1.79 bits per heavy atom. The van der Waals surface area contributed by atoms with Crippen LogP contribution in [0.5, 0.6) is 11.6 Å². The lowest BCUT2D eigenvalue weighted by atomic mass is 9.97. The number of benzene rings is 3. The first kappa shape index (κ1) is 36.9. The Morgan fingerprint density at radius 1 is 0.698 bits per heavy atom. The van der Waals surface area contributed by atoms with Gasteiger partial charge < -0.3 is 30.7 Å². The molecule has 0 saturated carbocycles. The monoisotopic (exact) mass is 772 g/mol. The summed E-state index contributed by atoms with van der Waals surface area (Å²) < 4.78 is 11.5. The number of rotatable bonds is 13. The van der Waals surface area contributed by atoms with E-state index in [1.807, 2.05) is 66.7 Å². The van der Waals surface area contributed by atoms with Gasteiger partial charge in [0.15, 0.2) is 0 Å². The Labute approximate surface area is 322 Å². The second kappa shape index (κ2) is 16.3. The van der Waals surface area contributed by atoms with Gasteiger partial charge in [-0.15, -0.1) is 0 Å². The van der Waals surface area contributed by atoms with Crippen LogP contribution < -0.4 is 30.7 Å². The lowest BCUT2D eigenvalue weighted by molar-refractivity contribution is -0.120. The second-order valence-electron chi connectivity index (χ2n) is 13.2. The summed E-state index contributed by atoms with van der Waals surface area (Å²) in [6.07, 6.45) is 2.77. The van der Waals surface area contributed by atoms with Gasteiger partial charge in [-0.1, -0.05) is 77.3 Å². The third-order valence-corrected chi connectivity index (χ3v) is 10.8. The molecule has 7 rings (SSSR count). The number of nitrogens with zero attached hydrogens (tertiary/aromatic N) is 2. The fraction of sp³-hybridized carbons (Fsp3) is 0.300. The molecule has 2 aromatic heterocycles. The zero-order valence-electron chi connectivity index (χ0n) is 29.3. The maximum atomic E-state index is 11.6. The number of hydrogen-bond acceptors (Lipinski definition) is 8. The summed E-state index contributed by atoms with van der Waals surface area (Å²) in [6, 6.07) is 21.4. The van der Waals surface area contributed by atoms with E-state index in [0.717, 1.165) is 51.6 Å². The number of halogens is 3. The first-order chi connectivity index (χ1) is 25.7. The van der Waals surface area contributed by atoms with Crippen molar-refractivity contribution < 1.29 is 19.1 Å². The number of pyridine rings is 2. The largest absolute Gasteiger partial charge is 0.496 e. The molecule has 0 aliphatic carbocycles. The molecule has 4 heterocycles. The second-order valence-corrected chi connectivity index (χ2v) is 14.4. The zero-order chi connectivity index (χ0) is 37.1. The number of nitrogens with one attached hydrogen (secondary N) is 4. The van der Waals surface area contributed by atoms with Gasteiger partial charge in [0.1, 0.15) is 5.75 Å². The number of methoxy groups -OCH3 is 2. The van der Waals surface area contributed by atoms with Crippen LogP contribution in [-0.4, -0.2) is 61.2 Å². The highest BCUT2D eigenvalue weighted by molar-refractivity contribution is 6.39. The standard InChI is InChI=1S/C40H39Cl3N6O4/c1-52-39-23(19-45-21-25-11-16-35(51)47-25)17-31(41)38-30(39)12-14-32(48-38)28-7-3-5-26(36(28)42)27-6-4-8-29(37(27)43)33-13-9-22(40(49-33)53-2)18-44-20-24-10-15-34(50)46-24/h3-9,12-14,17,24-25,44-45H,10-11,15-16,18-21H2,1-2H3,(H,46,50)(H,47,51)/t24-,25-/m1/s1. The molecule has 2 saturated heterocycles. The van der Waals surface area contributed by atoms with Gasteiger partial charge in [0.2, 0.25) is 17.7 Å². The number of fused-ring (bicyclic) bond motifs is 1. The van der Waals surface area contributed by atoms with Gasteiger partial charge in [0, 0.05) is 89.9 Å². The van der Waals surface area contributed by atoms with Crippen LogP contribution in [0.15, 0.2) is 66.7 Å². The van der Waals surface area contributed by atoms with Crippen LogP contribution in [-0.2, 0) is 22.7 Å². The number of carbonyl (C=O) groups excluding carboxylic acids is 2. The molecule has 0 unspecified atom stereocenters. The smallest absolute Gasteiger partial charge is 0.220 e. The summed E-state index contributed by atoms with van der Waals surface area (Å²) >= 11 is 21.1. The molecule has 13 heteroatoms. The van der Waals surface area contributed by atoms with Crippen molar-refractivity contribution in [3.8, 4) is 45.3 Å². The molecule has 4 N–H and O–H groups in total. The van der Waals surface area contributed by atoms with E-state index in [9.17, 15) is 9.59 Å². The minimum absolute atomic E-state index is 0.0885. The molecule has 5 aromatic rings. The van der Waals surface area contributed by atoms with Crippen LogP contribution in [0.25, 0.3) is 44.5 Å². The SMILES string of the molecule is COc1nc(-c2cccc(-c3cccc(-c4ccc5c(OC)c(CNC[C@H]6CCC(=O)N6)cc(Cl)c5n4)c3Cl)c2Cl)ccc1CNC[C@H]1CCC(=O)N1. The van der Waals surface area contributed by atoms with Gasteiger partial charge in [-0.3, -0.25) is 9.59 Å². The Hall–Kier alpha value is -4.45. The van der Waals surface area contributed by atoms with Gasteiger partial charge in [0.25, 0.3) is 0 Å². The summed E-state index contributed by atoms with van der Waals surface area (Å²) in [6.45, 7) is 2.39. The molecule has 0 bridgehead atoms. The first-order valence-corrected chi connectivity index (χ1v) is 18.7. The van der Waals surface area contributed by atoms with E-state index in [-0.39, 0.29) is 23.9 Å². The van der Waals surface area contributed by atoms with Crippen molar-refractivity contribution in [2.24, 2.45) is 0 Å². The lowest BCUT2D eigenvalue weighted by Crippen LogP contribution is -2.35. The molecule has 274 valence electrons. The molecule has 0 radical (unpaired) electrons. The molecule has 2 aliphatic rings. The number of aromatic nitrogens is 2. The topological polar surface area (TPSA) is 126 Å². The van der Waals surface area contributed by atoms with Gasteiger partial charge in [-0.05, 0) is 37.1 Å². The van der Waals surface area contributed by atoms with Gasteiger partial charge in [-0.25, -0.2) is 9.97 Å². The van der Waals surface area contributed by atoms with E-state index in [2.05, 4.69) is 21.3 Å². The zero-order valence-corrected chi connectivity index (χ0v) is 31.6. The third kappa shape index (κ3) is 7.93. The van der Waals surface area contributed by atoms with Gasteiger partial charge in [-0.2, -0.15) is 0 Å². The van der Waals surface area contributed by atoms with E-state index in [4.69, 9.17) is 54.2 Å². The number of carbonyl (C=O) groups is 2. The van der Waals surface area contributed by atoms with Gasteiger partial charge >= 0.3 is 0 Å². The Bertz CT molecular complexity index is 2200. The van der Waals surface area contributed by atoms with Crippen molar-refractivity contribution in [2.75, 3.05) is 27.3 Å². The van der Waals surface area contributed by atoms with Crippen molar-refractivity contribution in [1.29, 1.82) is 0 Å². The fourth-order valence-corrected chi connectivity index (χ4v) is 7.96. The summed E-state index contributed by atoms with van der Waals surface area (Å²) in [4.78, 5) is 32.9. The fourth-order valence-electron chi connectivity index (χ4n) is 7.04. The van der Waals surface area contributed by atoms with Crippen LogP contribution in [0.2, 0.25) is 15.1 Å². The molecule has 2 atom stereocenters. The number of hydrogen-bond donors (Lipinski definition) is 4. The highest BCUT2D eigenvalue weighted by Gasteiger charge is 2.23. The van der Waals surface area contributed by atoms with Crippen molar-refractivity contribution in [1.82, 2.24) is 31.2 Å². The third-order valence-electron chi connectivity index (χ3n) is 9.72. The molecule has 2 fully saturated rings. The van der Waals surface area contributed by atoms with Crippen LogP contribution >= 0.6 is 34.8 Å². The Morgan fingerprint density at radius 2 is 1.25 bits per heavy atom. The van der Waals surface area contributed by atoms with E-state index < -0.39 is 0 Å². The van der Waals surface area contributed by atoms with Crippen LogP contribution in [0, 0.1) is 0 Å². The van der Waals surface area contributed by atoms with Crippen molar-refractivity contribution in [3.05, 3.63) is 92.9 Å². The average Bonchev–Trinajstić information content (AvgIpc) is 3.78. The maximum Gasteiger partial charge on any atom is 0.220 e. The van der Waals surface area contributed by atoms with Crippen molar-refractivity contribution >= 4 is 57.5 Å².